The first-order valence-corrected chi connectivity index (χ1v) is 6.60. The van der Waals surface area contributed by atoms with Gasteiger partial charge in [0.2, 0.25) is 0 Å². The topological polar surface area (TPSA) is 21.3 Å². The van der Waals surface area contributed by atoms with Crippen LogP contribution in [0.25, 0.3) is 0 Å². The van der Waals surface area contributed by atoms with Crippen molar-refractivity contribution in [3.8, 4) is 0 Å². The Kier molecular flexibility index (Phi) is 5.95. The van der Waals surface area contributed by atoms with Gasteiger partial charge < -0.3 is 10.1 Å². The third-order valence-electron chi connectivity index (χ3n) is 3.18. The average Bonchev–Trinajstić information content (AvgIpc) is 2.66. The van der Waals surface area contributed by atoms with Gasteiger partial charge in [0.15, 0.2) is 0 Å². The molecule has 0 spiro atoms. The fourth-order valence-electron chi connectivity index (χ4n) is 2.20. The second-order valence-corrected chi connectivity index (χ2v) is 5.20. The minimum atomic E-state index is 0.334. The quantitative estimate of drug-likeness (QED) is 0.540. The number of ether oxygens (including phenoxy) is 1. The zero-order valence-corrected chi connectivity index (χ0v) is 10.8. The van der Waals surface area contributed by atoms with E-state index in [9.17, 15) is 0 Å². The van der Waals surface area contributed by atoms with Crippen LogP contribution in [-0.2, 0) is 4.74 Å². The van der Waals surface area contributed by atoms with Crippen LogP contribution in [0.4, 0.5) is 0 Å². The number of alkyl halides is 1. The van der Waals surface area contributed by atoms with Crippen molar-refractivity contribution in [2.45, 2.75) is 45.6 Å². The van der Waals surface area contributed by atoms with Crippen LogP contribution < -0.4 is 5.32 Å². The summed E-state index contributed by atoms with van der Waals surface area (Å²) in [6, 6.07) is 0. The first kappa shape index (κ1) is 13.3. The molecule has 0 saturated heterocycles. The largest absolute Gasteiger partial charge is 0.377 e. The molecule has 0 aliphatic heterocycles. The van der Waals surface area contributed by atoms with Gasteiger partial charge in [0, 0.05) is 19.0 Å². The Labute approximate surface area is 98.7 Å². The number of hydrogen-bond donors (Lipinski definition) is 1. The van der Waals surface area contributed by atoms with Crippen LogP contribution in [-0.4, -0.2) is 31.7 Å². The molecule has 0 aromatic rings. The van der Waals surface area contributed by atoms with E-state index < -0.39 is 0 Å². The van der Waals surface area contributed by atoms with E-state index in [0.717, 1.165) is 25.6 Å². The summed E-state index contributed by atoms with van der Waals surface area (Å²) in [4.78, 5) is 0. The SMILES string of the molecule is CC(C)OCCNCC1(CCl)CCCC1. The molecule has 15 heavy (non-hydrogen) atoms. The molecule has 90 valence electrons. The van der Waals surface area contributed by atoms with Gasteiger partial charge in [0.1, 0.15) is 0 Å². The van der Waals surface area contributed by atoms with Gasteiger partial charge >= 0.3 is 0 Å². The molecule has 0 atom stereocenters. The van der Waals surface area contributed by atoms with Crippen molar-refractivity contribution in [2.75, 3.05) is 25.6 Å². The van der Waals surface area contributed by atoms with Crippen molar-refractivity contribution in [1.82, 2.24) is 5.32 Å². The molecule has 1 saturated carbocycles. The predicted octanol–water partition coefficient (Wildman–Crippen LogP) is 2.80. The fourth-order valence-corrected chi connectivity index (χ4v) is 2.56. The van der Waals surface area contributed by atoms with Crippen LogP contribution in [0.2, 0.25) is 0 Å². The van der Waals surface area contributed by atoms with Gasteiger partial charge in [-0.05, 0) is 32.1 Å². The summed E-state index contributed by atoms with van der Waals surface area (Å²) in [5, 5.41) is 3.47. The Morgan fingerprint density at radius 1 is 1.33 bits per heavy atom. The molecule has 1 N–H and O–H groups in total. The van der Waals surface area contributed by atoms with Crippen molar-refractivity contribution in [3.63, 3.8) is 0 Å². The molecule has 0 unspecified atom stereocenters. The molecule has 0 aromatic heterocycles. The van der Waals surface area contributed by atoms with Gasteiger partial charge in [-0.2, -0.15) is 0 Å². The van der Waals surface area contributed by atoms with E-state index >= 15 is 0 Å². The van der Waals surface area contributed by atoms with Crippen molar-refractivity contribution >= 4 is 11.6 Å². The lowest BCUT2D eigenvalue weighted by Gasteiger charge is -2.26. The Morgan fingerprint density at radius 3 is 2.53 bits per heavy atom. The molecule has 1 fully saturated rings. The minimum absolute atomic E-state index is 0.334. The van der Waals surface area contributed by atoms with E-state index in [-0.39, 0.29) is 0 Å². The van der Waals surface area contributed by atoms with Gasteiger partial charge in [-0.1, -0.05) is 12.8 Å². The molecule has 0 amide bonds. The number of nitrogens with one attached hydrogen (secondary N) is 1. The summed E-state index contributed by atoms with van der Waals surface area (Å²) in [6.07, 6.45) is 5.59. The smallest absolute Gasteiger partial charge is 0.0594 e. The summed E-state index contributed by atoms with van der Waals surface area (Å²) in [7, 11) is 0. The van der Waals surface area contributed by atoms with Gasteiger partial charge in [-0.15, -0.1) is 11.6 Å². The van der Waals surface area contributed by atoms with Crippen LogP contribution in [0.1, 0.15) is 39.5 Å². The molecule has 0 aromatic carbocycles. The third-order valence-corrected chi connectivity index (χ3v) is 3.74. The van der Waals surface area contributed by atoms with Gasteiger partial charge in [-0.25, -0.2) is 0 Å². The van der Waals surface area contributed by atoms with Crippen molar-refractivity contribution < 1.29 is 4.74 Å². The highest BCUT2D eigenvalue weighted by atomic mass is 35.5. The van der Waals surface area contributed by atoms with E-state index in [1.54, 1.807) is 0 Å². The molecule has 0 heterocycles. The summed E-state index contributed by atoms with van der Waals surface area (Å²) in [5.41, 5.74) is 0.374. The first-order valence-electron chi connectivity index (χ1n) is 6.07. The summed E-state index contributed by atoms with van der Waals surface area (Å²) < 4.78 is 5.48. The maximum Gasteiger partial charge on any atom is 0.0594 e. The number of halogens is 1. The highest BCUT2D eigenvalue weighted by molar-refractivity contribution is 6.18. The number of hydrogen-bond acceptors (Lipinski definition) is 2. The first-order chi connectivity index (χ1) is 7.18. The molecular weight excluding hydrogens is 210 g/mol. The van der Waals surface area contributed by atoms with Crippen molar-refractivity contribution in [1.29, 1.82) is 0 Å². The maximum absolute atomic E-state index is 6.06. The van der Waals surface area contributed by atoms with E-state index in [1.165, 1.54) is 25.7 Å². The maximum atomic E-state index is 6.06. The van der Waals surface area contributed by atoms with Crippen LogP contribution in [0.5, 0.6) is 0 Å². The van der Waals surface area contributed by atoms with Crippen LogP contribution in [0.3, 0.4) is 0 Å². The summed E-state index contributed by atoms with van der Waals surface area (Å²) >= 11 is 6.06. The monoisotopic (exact) mass is 233 g/mol. The molecule has 3 heteroatoms. The Hall–Kier alpha value is 0.210. The Balaban J connectivity index is 2.07. The van der Waals surface area contributed by atoms with Crippen LogP contribution in [0.15, 0.2) is 0 Å². The van der Waals surface area contributed by atoms with Crippen molar-refractivity contribution in [2.24, 2.45) is 5.41 Å². The van der Waals surface area contributed by atoms with Crippen LogP contribution >= 0.6 is 11.6 Å². The van der Waals surface area contributed by atoms with Crippen LogP contribution in [0, 0.1) is 5.41 Å². The van der Waals surface area contributed by atoms with E-state index in [2.05, 4.69) is 19.2 Å². The van der Waals surface area contributed by atoms with Gasteiger partial charge in [0.05, 0.1) is 12.7 Å². The predicted molar refractivity (Wildman–Crippen MR) is 65.6 cm³/mol. The Morgan fingerprint density at radius 2 is 2.00 bits per heavy atom. The third kappa shape index (κ3) is 4.71. The molecule has 1 aliphatic rings. The van der Waals surface area contributed by atoms with E-state index in [4.69, 9.17) is 16.3 Å². The molecule has 0 bridgehead atoms. The highest BCUT2D eigenvalue weighted by Gasteiger charge is 2.32. The second-order valence-electron chi connectivity index (χ2n) is 4.94. The Bertz CT molecular complexity index is 167. The second kappa shape index (κ2) is 6.72. The molecular formula is C12H24ClNO. The van der Waals surface area contributed by atoms with Crippen molar-refractivity contribution in [3.05, 3.63) is 0 Å². The lowest BCUT2D eigenvalue weighted by atomic mass is 9.88. The standard InChI is InChI=1S/C12H24ClNO/c1-11(2)15-8-7-14-10-12(9-13)5-3-4-6-12/h11,14H,3-10H2,1-2H3. The van der Waals surface area contributed by atoms with Gasteiger partial charge in [0.25, 0.3) is 0 Å². The van der Waals surface area contributed by atoms with E-state index in [1.807, 2.05) is 0 Å². The van der Waals surface area contributed by atoms with Gasteiger partial charge in [-0.3, -0.25) is 0 Å². The number of rotatable bonds is 7. The lowest BCUT2D eigenvalue weighted by molar-refractivity contribution is 0.0794. The molecule has 1 aliphatic carbocycles. The molecule has 2 nitrogen and oxygen atoms in total. The highest BCUT2D eigenvalue weighted by Crippen LogP contribution is 2.38. The molecule has 1 rings (SSSR count). The average molecular weight is 234 g/mol. The normalized spacial score (nSPS) is 20.0. The molecule has 0 radical (unpaired) electrons. The summed E-state index contributed by atoms with van der Waals surface area (Å²) in [5.74, 6) is 0.797. The zero-order valence-electron chi connectivity index (χ0n) is 10.0. The fraction of sp³-hybridized carbons (Fsp3) is 1.00. The minimum Gasteiger partial charge on any atom is -0.377 e. The van der Waals surface area contributed by atoms with E-state index in [0.29, 0.717) is 11.5 Å². The lowest BCUT2D eigenvalue weighted by Crippen LogP contribution is -2.35. The zero-order chi connectivity index (χ0) is 11.1. The summed E-state index contributed by atoms with van der Waals surface area (Å²) in [6.45, 7) is 6.93.